The molecule has 6 heteroatoms. The van der Waals surface area contributed by atoms with Crippen LogP contribution >= 0.6 is 0 Å². The molecule has 0 aromatic heterocycles. The number of rotatable bonds is 9. The highest BCUT2D eigenvalue weighted by atomic mass is 16.5. The smallest absolute Gasteiger partial charge is 0.261 e. The monoisotopic (exact) mass is 426 g/mol. The Labute approximate surface area is 185 Å². The predicted octanol–water partition coefficient (Wildman–Crippen LogP) is 3.78. The lowest BCUT2D eigenvalue weighted by atomic mass is 10.1. The van der Waals surface area contributed by atoms with Gasteiger partial charge in [0.1, 0.15) is 11.5 Å². The van der Waals surface area contributed by atoms with E-state index >= 15 is 0 Å². The average Bonchev–Trinajstić information content (AvgIpc) is 2.71. The Kier molecular flexibility index (Phi) is 8.48. The Bertz CT molecular complexity index is 926. The number of ether oxygens (including phenoxy) is 2. The molecule has 0 heterocycles. The highest BCUT2D eigenvalue weighted by molar-refractivity contribution is 5.82. The maximum absolute atomic E-state index is 12.5. The summed E-state index contributed by atoms with van der Waals surface area (Å²) in [6.07, 6.45) is -1.29. The first-order valence-electron chi connectivity index (χ1n) is 10.6. The van der Waals surface area contributed by atoms with Crippen LogP contribution in [0.4, 0.5) is 0 Å². The standard InChI is InChI=1S/C25H34N2O4/c1-15-8-10-17(3)22(12-15)30-20(6)24(28)26-14-19(5)27-25(29)21(7)31-23-13-16(2)9-11-18(23)4/h8-13,19-21H,14H2,1-7H3,(H,26,28)(H,27,29). The minimum atomic E-state index is -0.648. The van der Waals surface area contributed by atoms with Crippen molar-refractivity contribution in [2.24, 2.45) is 0 Å². The first-order valence-corrected chi connectivity index (χ1v) is 10.6. The van der Waals surface area contributed by atoms with Gasteiger partial charge in [-0.15, -0.1) is 0 Å². The van der Waals surface area contributed by atoms with Crippen molar-refractivity contribution in [3.8, 4) is 11.5 Å². The maximum Gasteiger partial charge on any atom is 0.261 e. The van der Waals surface area contributed by atoms with E-state index in [0.717, 1.165) is 22.3 Å². The Hall–Kier alpha value is -3.02. The van der Waals surface area contributed by atoms with Crippen molar-refractivity contribution in [2.75, 3.05) is 6.54 Å². The highest BCUT2D eigenvalue weighted by Crippen LogP contribution is 2.21. The number of carbonyl (C=O) groups excluding carboxylic acids is 2. The van der Waals surface area contributed by atoms with Gasteiger partial charge in [-0.3, -0.25) is 9.59 Å². The first-order chi connectivity index (χ1) is 14.6. The lowest BCUT2D eigenvalue weighted by Crippen LogP contribution is -2.48. The summed E-state index contributed by atoms with van der Waals surface area (Å²) in [4.78, 5) is 24.9. The van der Waals surface area contributed by atoms with Gasteiger partial charge in [-0.05, 0) is 82.9 Å². The van der Waals surface area contributed by atoms with E-state index in [1.807, 2.05) is 71.0 Å². The van der Waals surface area contributed by atoms with E-state index in [9.17, 15) is 9.59 Å². The number of hydrogen-bond acceptors (Lipinski definition) is 4. The molecule has 31 heavy (non-hydrogen) atoms. The molecule has 2 aromatic rings. The van der Waals surface area contributed by atoms with Crippen molar-refractivity contribution in [1.29, 1.82) is 0 Å². The lowest BCUT2D eigenvalue weighted by Gasteiger charge is -2.21. The third-order valence-electron chi connectivity index (χ3n) is 5.00. The maximum atomic E-state index is 12.5. The zero-order chi connectivity index (χ0) is 23.1. The molecule has 0 fully saturated rings. The van der Waals surface area contributed by atoms with Gasteiger partial charge in [0.2, 0.25) is 0 Å². The fourth-order valence-corrected chi connectivity index (χ4v) is 2.97. The third kappa shape index (κ3) is 7.31. The van der Waals surface area contributed by atoms with E-state index in [-0.39, 0.29) is 17.9 Å². The summed E-state index contributed by atoms with van der Waals surface area (Å²) in [5.74, 6) is 0.923. The summed E-state index contributed by atoms with van der Waals surface area (Å²) in [5, 5.41) is 5.70. The minimum Gasteiger partial charge on any atom is -0.481 e. The molecular formula is C25H34N2O4. The van der Waals surface area contributed by atoms with Gasteiger partial charge in [0.25, 0.3) is 11.8 Å². The summed E-state index contributed by atoms with van der Waals surface area (Å²) in [5.41, 5.74) is 4.09. The minimum absolute atomic E-state index is 0.234. The predicted molar refractivity (Wildman–Crippen MR) is 123 cm³/mol. The van der Waals surface area contributed by atoms with Gasteiger partial charge in [0.05, 0.1) is 0 Å². The van der Waals surface area contributed by atoms with Crippen LogP contribution in [-0.2, 0) is 9.59 Å². The zero-order valence-electron chi connectivity index (χ0n) is 19.5. The lowest BCUT2D eigenvalue weighted by molar-refractivity contribution is -0.129. The van der Waals surface area contributed by atoms with Crippen LogP contribution in [0.15, 0.2) is 36.4 Å². The van der Waals surface area contributed by atoms with Gasteiger partial charge in [-0.2, -0.15) is 0 Å². The third-order valence-corrected chi connectivity index (χ3v) is 5.00. The quantitative estimate of drug-likeness (QED) is 0.640. The fraction of sp³-hybridized carbons (Fsp3) is 0.440. The summed E-state index contributed by atoms with van der Waals surface area (Å²) < 4.78 is 11.6. The first kappa shape index (κ1) is 24.3. The van der Waals surface area contributed by atoms with Crippen LogP contribution in [0.2, 0.25) is 0 Å². The molecule has 0 aliphatic rings. The SMILES string of the molecule is Cc1ccc(C)c(OC(C)C(=O)NCC(C)NC(=O)C(C)Oc2cc(C)ccc2C)c1. The molecule has 2 N–H and O–H groups in total. The molecule has 3 atom stereocenters. The molecule has 2 amide bonds. The van der Waals surface area contributed by atoms with Crippen molar-refractivity contribution >= 4 is 11.8 Å². The number of aryl methyl sites for hydroxylation is 4. The van der Waals surface area contributed by atoms with Gasteiger partial charge >= 0.3 is 0 Å². The average molecular weight is 427 g/mol. The van der Waals surface area contributed by atoms with Crippen molar-refractivity contribution in [3.63, 3.8) is 0 Å². The van der Waals surface area contributed by atoms with Crippen LogP contribution in [0.3, 0.4) is 0 Å². The van der Waals surface area contributed by atoms with E-state index < -0.39 is 12.2 Å². The molecule has 0 saturated heterocycles. The Morgan fingerprint density at radius 3 is 1.71 bits per heavy atom. The Morgan fingerprint density at radius 2 is 1.23 bits per heavy atom. The molecule has 0 saturated carbocycles. The van der Waals surface area contributed by atoms with Crippen LogP contribution in [0.5, 0.6) is 11.5 Å². The van der Waals surface area contributed by atoms with Gasteiger partial charge in [0, 0.05) is 12.6 Å². The molecule has 2 aromatic carbocycles. The summed E-state index contributed by atoms with van der Waals surface area (Å²) in [6, 6.07) is 11.5. The molecule has 0 radical (unpaired) electrons. The van der Waals surface area contributed by atoms with E-state index in [2.05, 4.69) is 10.6 Å². The van der Waals surface area contributed by atoms with Crippen molar-refractivity contribution in [1.82, 2.24) is 10.6 Å². The van der Waals surface area contributed by atoms with E-state index in [0.29, 0.717) is 18.0 Å². The summed E-state index contributed by atoms with van der Waals surface area (Å²) >= 11 is 0. The van der Waals surface area contributed by atoms with Crippen molar-refractivity contribution in [3.05, 3.63) is 58.7 Å². The second kappa shape index (κ2) is 10.8. The summed E-state index contributed by atoms with van der Waals surface area (Å²) in [7, 11) is 0. The van der Waals surface area contributed by atoms with Crippen LogP contribution in [0, 0.1) is 27.7 Å². The molecule has 0 aliphatic heterocycles. The van der Waals surface area contributed by atoms with Crippen molar-refractivity contribution in [2.45, 2.75) is 66.7 Å². The molecule has 6 nitrogen and oxygen atoms in total. The number of nitrogens with one attached hydrogen (secondary N) is 2. The van der Waals surface area contributed by atoms with E-state index in [1.54, 1.807) is 13.8 Å². The second-order valence-electron chi connectivity index (χ2n) is 8.21. The van der Waals surface area contributed by atoms with E-state index in [4.69, 9.17) is 9.47 Å². The van der Waals surface area contributed by atoms with Crippen LogP contribution < -0.4 is 20.1 Å². The molecule has 0 bridgehead atoms. The summed E-state index contributed by atoms with van der Waals surface area (Å²) in [6.45, 7) is 13.4. The van der Waals surface area contributed by atoms with Crippen molar-refractivity contribution < 1.29 is 19.1 Å². The largest absolute Gasteiger partial charge is 0.481 e. The molecular weight excluding hydrogens is 392 g/mol. The van der Waals surface area contributed by atoms with Gasteiger partial charge in [-0.1, -0.05) is 24.3 Å². The van der Waals surface area contributed by atoms with Crippen LogP contribution in [-0.4, -0.2) is 36.6 Å². The topological polar surface area (TPSA) is 76.7 Å². The fourth-order valence-electron chi connectivity index (χ4n) is 2.97. The Morgan fingerprint density at radius 1 is 0.774 bits per heavy atom. The molecule has 168 valence electrons. The number of hydrogen-bond donors (Lipinski definition) is 2. The highest BCUT2D eigenvalue weighted by Gasteiger charge is 2.20. The molecule has 3 unspecified atom stereocenters. The number of carbonyl (C=O) groups is 2. The molecule has 0 spiro atoms. The van der Waals surface area contributed by atoms with Gasteiger partial charge < -0.3 is 20.1 Å². The Balaban J connectivity index is 1.81. The van der Waals surface area contributed by atoms with E-state index in [1.165, 1.54) is 0 Å². The molecule has 0 aliphatic carbocycles. The second-order valence-corrected chi connectivity index (χ2v) is 8.21. The molecule has 2 rings (SSSR count). The van der Waals surface area contributed by atoms with Crippen LogP contribution in [0.1, 0.15) is 43.0 Å². The van der Waals surface area contributed by atoms with Gasteiger partial charge in [-0.25, -0.2) is 0 Å². The van der Waals surface area contributed by atoms with Crippen LogP contribution in [0.25, 0.3) is 0 Å². The number of benzene rings is 2. The van der Waals surface area contributed by atoms with Gasteiger partial charge in [0.15, 0.2) is 12.2 Å². The number of amides is 2. The zero-order valence-corrected chi connectivity index (χ0v) is 19.5. The normalized spacial score (nSPS) is 13.6.